The van der Waals surface area contributed by atoms with Gasteiger partial charge in [0, 0.05) is 0 Å². The second-order valence-electron chi connectivity index (χ2n) is 4.02. The van der Waals surface area contributed by atoms with Crippen LogP contribution in [0.3, 0.4) is 0 Å². The summed E-state index contributed by atoms with van der Waals surface area (Å²) in [6.45, 7) is 6.16. The highest BCUT2D eigenvalue weighted by Gasteiger charge is 2.02. The minimum Gasteiger partial charge on any atom is -0.508 e. The first-order valence-corrected chi connectivity index (χ1v) is 5.79. The summed E-state index contributed by atoms with van der Waals surface area (Å²) in [5, 5.41) is 9.61. The van der Waals surface area contributed by atoms with Gasteiger partial charge in [0.15, 0.2) is 0 Å². The Morgan fingerprint density at radius 2 is 1.94 bits per heavy atom. The zero-order valence-electron chi connectivity index (χ0n) is 10.3. The van der Waals surface area contributed by atoms with Gasteiger partial charge in [-0.15, -0.1) is 0 Å². The van der Waals surface area contributed by atoms with Crippen molar-refractivity contribution in [2.24, 2.45) is 0 Å². The molecule has 16 heavy (non-hydrogen) atoms. The number of allylic oxidation sites excluding steroid dienone is 3. The fourth-order valence-electron chi connectivity index (χ4n) is 1.60. The van der Waals surface area contributed by atoms with E-state index < -0.39 is 0 Å². The van der Waals surface area contributed by atoms with Crippen LogP contribution in [0.15, 0.2) is 30.4 Å². The molecule has 0 bridgehead atoms. The Hall–Kier alpha value is -1.50. The molecule has 0 saturated carbocycles. The Labute approximate surface area is 98.1 Å². The highest BCUT2D eigenvalue weighted by molar-refractivity contribution is 5.61. The second kappa shape index (κ2) is 6.16. The molecular formula is C15H20O. The van der Waals surface area contributed by atoms with Crippen molar-refractivity contribution in [2.45, 2.75) is 33.6 Å². The number of hydrogen-bond acceptors (Lipinski definition) is 1. The van der Waals surface area contributed by atoms with E-state index in [9.17, 15) is 5.11 Å². The standard InChI is InChI=1S/C15H20O/c1-4-5-6-7-8-9-14-12(2)10-11-15(16)13(14)3/h6-11,16H,4-5H2,1-3H3/b7-6+,9-8-. The van der Waals surface area contributed by atoms with Crippen LogP contribution in [0.5, 0.6) is 5.75 Å². The van der Waals surface area contributed by atoms with E-state index in [4.69, 9.17) is 0 Å². The highest BCUT2D eigenvalue weighted by Crippen LogP contribution is 2.24. The topological polar surface area (TPSA) is 20.2 Å². The number of unbranched alkanes of at least 4 members (excludes halogenated alkanes) is 1. The summed E-state index contributed by atoms with van der Waals surface area (Å²) in [6.07, 6.45) is 10.6. The van der Waals surface area contributed by atoms with E-state index in [2.05, 4.69) is 32.1 Å². The number of phenolic OH excluding ortho intramolecular Hbond substituents is 1. The van der Waals surface area contributed by atoms with Gasteiger partial charge in [-0.1, -0.05) is 43.7 Å². The zero-order chi connectivity index (χ0) is 12.0. The van der Waals surface area contributed by atoms with E-state index in [1.54, 1.807) is 6.07 Å². The molecule has 1 rings (SSSR count). The van der Waals surface area contributed by atoms with E-state index in [1.165, 1.54) is 12.0 Å². The van der Waals surface area contributed by atoms with Gasteiger partial charge in [0.1, 0.15) is 5.75 Å². The molecule has 0 saturated heterocycles. The van der Waals surface area contributed by atoms with Crippen molar-refractivity contribution < 1.29 is 5.11 Å². The van der Waals surface area contributed by atoms with Gasteiger partial charge in [-0.2, -0.15) is 0 Å². The summed E-state index contributed by atoms with van der Waals surface area (Å²) in [6, 6.07) is 3.69. The molecule has 0 radical (unpaired) electrons. The molecular weight excluding hydrogens is 196 g/mol. The fraction of sp³-hybridized carbons (Fsp3) is 0.333. The fourth-order valence-corrected chi connectivity index (χ4v) is 1.60. The molecule has 0 aliphatic carbocycles. The van der Waals surface area contributed by atoms with E-state index in [0.29, 0.717) is 5.75 Å². The highest BCUT2D eigenvalue weighted by atomic mass is 16.3. The first kappa shape index (κ1) is 12.6. The van der Waals surface area contributed by atoms with Crippen LogP contribution in [0.4, 0.5) is 0 Å². The van der Waals surface area contributed by atoms with Crippen molar-refractivity contribution in [3.05, 3.63) is 47.1 Å². The minimum atomic E-state index is 0.364. The van der Waals surface area contributed by atoms with E-state index in [0.717, 1.165) is 17.5 Å². The average Bonchev–Trinajstić information content (AvgIpc) is 2.28. The molecule has 0 aromatic heterocycles. The van der Waals surface area contributed by atoms with Gasteiger partial charge in [-0.05, 0) is 43.0 Å². The maximum absolute atomic E-state index is 9.61. The Morgan fingerprint density at radius 3 is 2.62 bits per heavy atom. The van der Waals surface area contributed by atoms with Crippen LogP contribution >= 0.6 is 0 Å². The molecule has 0 aliphatic heterocycles. The third-order valence-corrected chi connectivity index (χ3v) is 2.67. The zero-order valence-corrected chi connectivity index (χ0v) is 10.3. The Morgan fingerprint density at radius 1 is 1.19 bits per heavy atom. The summed E-state index contributed by atoms with van der Waals surface area (Å²) in [4.78, 5) is 0. The van der Waals surface area contributed by atoms with Gasteiger partial charge in [0.05, 0.1) is 0 Å². The van der Waals surface area contributed by atoms with Gasteiger partial charge in [0.2, 0.25) is 0 Å². The molecule has 0 heterocycles. The van der Waals surface area contributed by atoms with Crippen LogP contribution in [0.1, 0.15) is 36.5 Å². The average molecular weight is 216 g/mol. The monoisotopic (exact) mass is 216 g/mol. The van der Waals surface area contributed by atoms with Gasteiger partial charge in [-0.3, -0.25) is 0 Å². The smallest absolute Gasteiger partial charge is 0.119 e. The maximum atomic E-state index is 9.61. The predicted molar refractivity (Wildman–Crippen MR) is 70.7 cm³/mol. The molecule has 1 aromatic carbocycles. The molecule has 0 amide bonds. The van der Waals surface area contributed by atoms with Gasteiger partial charge < -0.3 is 5.11 Å². The van der Waals surface area contributed by atoms with Crippen molar-refractivity contribution in [3.63, 3.8) is 0 Å². The number of aromatic hydroxyl groups is 1. The van der Waals surface area contributed by atoms with Crippen molar-refractivity contribution in [1.82, 2.24) is 0 Å². The van der Waals surface area contributed by atoms with Gasteiger partial charge in [0.25, 0.3) is 0 Å². The summed E-state index contributed by atoms with van der Waals surface area (Å²) in [5.41, 5.74) is 3.25. The molecule has 1 nitrogen and oxygen atoms in total. The predicted octanol–water partition coefficient (Wildman–Crippen LogP) is 4.38. The van der Waals surface area contributed by atoms with Gasteiger partial charge in [-0.25, -0.2) is 0 Å². The quantitative estimate of drug-likeness (QED) is 0.740. The van der Waals surface area contributed by atoms with Crippen LogP contribution in [0, 0.1) is 13.8 Å². The molecule has 1 aromatic rings. The number of hydrogen-bond donors (Lipinski definition) is 1. The summed E-state index contributed by atoms with van der Waals surface area (Å²) < 4.78 is 0. The number of phenols is 1. The largest absolute Gasteiger partial charge is 0.508 e. The lowest BCUT2D eigenvalue weighted by Crippen LogP contribution is -1.86. The van der Waals surface area contributed by atoms with Crippen LogP contribution in [0.25, 0.3) is 6.08 Å². The number of aryl methyl sites for hydroxylation is 1. The normalized spacial score (nSPS) is 11.7. The lowest BCUT2D eigenvalue weighted by molar-refractivity contribution is 0.471. The van der Waals surface area contributed by atoms with Crippen LogP contribution in [0.2, 0.25) is 0 Å². The van der Waals surface area contributed by atoms with Crippen LogP contribution in [-0.4, -0.2) is 5.11 Å². The molecule has 0 aliphatic rings. The van der Waals surface area contributed by atoms with Crippen molar-refractivity contribution >= 4 is 6.08 Å². The van der Waals surface area contributed by atoms with Crippen molar-refractivity contribution in [1.29, 1.82) is 0 Å². The summed E-state index contributed by atoms with van der Waals surface area (Å²) >= 11 is 0. The third kappa shape index (κ3) is 3.27. The summed E-state index contributed by atoms with van der Waals surface area (Å²) in [5.74, 6) is 0.364. The molecule has 0 unspecified atom stereocenters. The number of rotatable bonds is 4. The van der Waals surface area contributed by atoms with E-state index in [-0.39, 0.29) is 0 Å². The molecule has 86 valence electrons. The molecule has 0 fully saturated rings. The van der Waals surface area contributed by atoms with Crippen molar-refractivity contribution in [3.8, 4) is 5.75 Å². The minimum absolute atomic E-state index is 0.364. The van der Waals surface area contributed by atoms with Crippen molar-refractivity contribution in [2.75, 3.05) is 0 Å². The van der Waals surface area contributed by atoms with E-state index >= 15 is 0 Å². The maximum Gasteiger partial charge on any atom is 0.119 e. The van der Waals surface area contributed by atoms with E-state index in [1.807, 2.05) is 19.1 Å². The first-order chi connectivity index (χ1) is 7.66. The Kier molecular flexibility index (Phi) is 4.84. The first-order valence-electron chi connectivity index (χ1n) is 5.79. The SMILES string of the molecule is CCC/C=C/C=C\c1c(C)ccc(O)c1C. The molecule has 0 atom stereocenters. The third-order valence-electron chi connectivity index (χ3n) is 2.67. The lowest BCUT2D eigenvalue weighted by atomic mass is 10.0. The Bertz CT molecular complexity index is 400. The van der Waals surface area contributed by atoms with Crippen LogP contribution in [-0.2, 0) is 0 Å². The molecule has 0 spiro atoms. The summed E-state index contributed by atoms with van der Waals surface area (Å²) in [7, 11) is 0. The van der Waals surface area contributed by atoms with Crippen LogP contribution < -0.4 is 0 Å². The Balaban J connectivity index is 2.84. The molecule has 1 heteroatoms. The lowest BCUT2D eigenvalue weighted by Gasteiger charge is -2.06. The van der Waals surface area contributed by atoms with Gasteiger partial charge >= 0.3 is 0 Å². The number of benzene rings is 1. The second-order valence-corrected chi connectivity index (χ2v) is 4.02. The molecule has 1 N–H and O–H groups in total.